The van der Waals surface area contributed by atoms with E-state index in [0.717, 1.165) is 36.0 Å². The Morgan fingerprint density at radius 2 is 1.43 bits per heavy atom. The number of hydrogen-bond donors (Lipinski definition) is 2. The van der Waals surface area contributed by atoms with Gasteiger partial charge in [0.1, 0.15) is 5.75 Å². The van der Waals surface area contributed by atoms with Crippen LogP contribution < -0.4 is 0 Å². The molecule has 0 aliphatic carbocycles. The fraction of sp³-hybridized carbons (Fsp3) is 0.650. The van der Waals surface area contributed by atoms with Gasteiger partial charge < -0.3 is 10.2 Å². The summed E-state index contributed by atoms with van der Waals surface area (Å²) in [7, 11) is 0. The molecule has 0 amide bonds. The van der Waals surface area contributed by atoms with Crippen LogP contribution in [0.2, 0.25) is 0 Å². The van der Waals surface area contributed by atoms with E-state index in [1.807, 2.05) is 0 Å². The van der Waals surface area contributed by atoms with Crippen LogP contribution >= 0.6 is 0 Å². The van der Waals surface area contributed by atoms with Gasteiger partial charge in [0.25, 0.3) is 0 Å². The molecule has 0 spiro atoms. The molecule has 23 heavy (non-hydrogen) atoms. The summed E-state index contributed by atoms with van der Waals surface area (Å²) in [5, 5.41) is 19.7. The zero-order valence-electron chi connectivity index (χ0n) is 15.5. The molecule has 0 aliphatic rings. The first-order valence-corrected chi connectivity index (χ1v) is 8.63. The van der Waals surface area contributed by atoms with E-state index in [4.69, 9.17) is 5.11 Å². The SMILES string of the molecule is CCC(C)(C)c1cc(CCCC(=O)O)cc(C(C)(C)CC)c1O. The maximum atomic E-state index is 10.9. The van der Waals surface area contributed by atoms with E-state index < -0.39 is 5.97 Å². The third kappa shape index (κ3) is 4.73. The van der Waals surface area contributed by atoms with Crippen LogP contribution in [0.15, 0.2) is 12.1 Å². The minimum atomic E-state index is -0.757. The number of aryl methyl sites for hydroxylation is 1. The second kappa shape index (κ2) is 7.37. The van der Waals surface area contributed by atoms with Gasteiger partial charge >= 0.3 is 5.97 Å². The van der Waals surface area contributed by atoms with Gasteiger partial charge in [-0.25, -0.2) is 0 Å². The smallest absolute Gasteiger partial charge is 0.303 e. The van der Waals surface area contributed by atoms with Crippen molar-refractivity contribution in [2.45, 2.75) is 84.5 Å². The highest BCUT2D eigenvalue weighted by atomic mass is 16.4. The topological polar surface area (TPSA) is 57.5 Å². The Labute approximate surface area is 140 Å². The molecule has 0 aromatic heterocycles. The summed E-state index contributed by atoms with van der Waals surface area (Å²) in [6, 6.07) is 4.13. The standard InChI is InChI=1S/C20H32O3/c1-7-19(3,4)15-12-14(10-9-11-17(21)22)13-16(18(15)23)20(5,6)8-2/h12-13,23H,7-11H2,1-6H3,(H,21,22). The third-order valence-corrected chi connectivity index (χ3v) is 5.25. The predicted octanol–water partition coefficient (Wildman–Crippen LogP) is 5.17. The molecule has 0 radical (unpaired) electrons. The number of carbonyl (C=O) groups is 1. The first-order chi connectivity index (χ1) is 10.5. The van der Waals surface area contributed by atoms with Crippen molar-refractivity contribution in [3.8, 4) is 5.75 Å². The molecular weight excluding hydrogens is 288 g/mol. The van der Waals surface area contributed by atoms with Crippen molar-refractivity contribution in [2.75, 3.05) is 0 Å². The molecule has 0 fully saturated rings. The molecular formula is C20H32O3. The summed E-state index contributed by atoms with van der Waals surface area (Å²) in [6.07, 6.45) is 3.40. The molecule has 2 N–H and O–H groups in total. The molecule has 1 rings (SSSR count). The molecule has 3 nitrogen and oxygen atoms in total. The average molecular weight is 320 g/mol. The third-order valence-electron chi connectivity index (χ3n) is 5.25. The van der Waals surface area contributed by atoms with Crippen LogP contribution in [0.1, 0.15) is 83.9 Å². The fourth-order valence-electron chi connectivity index (χ4n) is 2.70. The molecule has 1 aromatic carbocycles. The molecule has 1 aromatic rings. The highest BCUT2D eigenvalue weighted by Gasteiger charge is 2.29. The van der Waals surface area contributed by atoms with Gasteiger partial charge in [-0.1, -0.05) is 53.7 Å². The number of carboxylic acid groups (broad SMARTS) is 1. The zero-order valence-corrected chi connectivity index (χ0v) is 15.5. The molecule has 130 valence electrons. The predicted molar refractivity (Wildman–Crippen MR) is 95.3 cm³/mol. The van der Waals surface area contributed by atoms with Crippen molar-refractivity contribution < 1.29 is 15.0 Å². The second-order valence-electron chi connectivity index (χ2n) is 7.76. The Hall–Kier alpha value is -1.51. The van der Waals surface area contributed by atoms with Gasteiger partial charge in [0.2, 0.25) is 0 Å². The van der Waals surface area contributed by atoms with Gasteiger partial charge in [-0.05, 0) is 42.1 Å². The Morgan fingerprint density at radius 1 is 1.00 bits per heavy atom. The fourth-order valence-corrected chi connectivity index (χ4v) is 2.70. The van der Waals surface area contributed by atoms with Crippen LogP contribution in [0.25, 0.3) is 0 Å². The maximum absolute atomic E-state index is 10.9. The monoisotopic (exact) mass is 320 g/mol. The van der Waals surface area contributed by atoms with Crippen LogP contribution in [0.3, 0.4) is 0 Å². The zero-order chi connectivity index (χ0) is 17.8. The molecule has 3 heteroatoms. The molecule has 0 saturated carbocycles. The summed E-state index contributed by atoms with van der Waals surface area (Å²) in [5.74, 6) is -0.349. The molecule has 0 heterocycles. The number of hydrogen-bond acceptors (Lipinski definition) is 2. The Morgan fingerprint density at radius 3 is 1.78 bits per heavy atom. The normalized spacial score (nSPS) is 12.4. The first kappa shape index (κ1) is 19.5. The van der Waals surface area contributed by atoms with E-state index >= 15 is 0 Å². The molecule has 0 bridgehead atoms. The molecule has 0 saturated heterocycles. The first-order valence-electron chi connectivity index (χ1n) is 8.63. The average Bonchev–Trinajstić information content (AvgIpc) is 2.47. The van der Waals surface area contributed by atoms with Gasteiger partial charge in [0.15, 0.2) is 0 Å². The highest BCUT2D eigenvalue weighted by molar-refractivity contribution is 5.66. The summed E-state index contributed by atoms with van der Waals surface area (Å²) in [5.41, 5.74) is 2.86. The van der Waals surface area contributed by atoms with Crippen molar-refractivity contribution in [1.29, 1.82) is 0 Å². The van der Waals surface area contributed by atoms with Crippen LogP contribution in [0, 0.1) is 0 Å². The number of benzene rings is 1. The molecule has 0 aliphatic heterocycles. The quantitative estimate of drug-likeness (QED) is 0.694. The van der Waals surface area contributed by atoms with E-state index in [1.165, 1.54) is 0 Å². The number of phenols is 1. The Kier molecular flexibility index (Phi) is 6.26. The minimum absolute atomic E-state index is 0.106. The number of phenolic OH excluding ortho intramolecular Hbond substituents is 1. The number of aliphatic carboxylic acids is 1. The maximum Gasteiger partial charge on any atom is 0.303 e. The van der Waals surface area contributed by atoms with Gasteiger partial charge in [0, 0.05) is 17.5 Å². The lowest BCUT2D eigenvalue weighted by atomic mass is 9.74. The summed E-state index contributed by atoms with van der Waals surface area (Å²) in [4.78, 5) is 10.7. The summed E-state index contributed by atoms with van der Waals surface area (Å²) in [6.45, 7) is 12.8. The van der Waals surface area contributed by atoms with Gasteiger partial charge in [-0.2, -0.15) is 0 Å². The highest BCUT2D eigenvalue weighted by Crippen LogP contribution is 2.42. The van der Waals surface area contributed by atoms with Crippen LogP contribution in [-0.4, -0.2) is 16.2 Å². The van der Waals surface area contributed by atoms with Crippen molar-refractivity contribution >= 4 is 5.97 Å². The van der Waals surface area contributed by atoms with E-state index in [9.17, 15) is 9.90 Å². The van der Waals surface area contributed by atoms with Gasteiger partial charge in [0.05, 0.1) is 0 Å². The van der Waals surface area contributed by atoms with E-state index in [0.29, 0.717) is 12.2 Å². The van der Waals surface area contributed by atoms with Crippen LogP contribution in [0.5, 0.6) is 5.75 Å². The van der Waals surface area contributed by atoms with E-state index in [-0.39, 0.29) is 17.3 Å². The number of aromatic hydroxyl groups is 1. The van der Waals surface area contributed by atoms with Gasteiger partial charge in [-0.15, -0.1) is 0 Å². The lowest BCUT2D eigenvalue weighted by Gasteiger charge is -2.31. The number of carboxylic acids is 1. The second-order valence-corrected chi connectivity index (χ2v) is 7.76. The number of rotatable bonds is 8. The van der Waals surface area contributed by atoms with E-state index in [1.54, 1.807) is 0 Å². The van der Waals surface area contributed by atoms with Gasteiger partial charge in [-0.3, -0.25) is 4.79 Å². The summed E-state index contributed by atoms with van der Waals surface area (Å²) < 4.78 is 0. The Bertz CT molecular complexity index is 519. The Balaban J connectivity index is 3.35. The van der Waals surface area contributed by atoms with Crippen LogP contribution in [0.4, 0.5) is 0 Å². The van der Waals surface area contributed by atoms with Crippen molar-refractivity contribution in [3.05, 3.63) is 28.8 Å². The van der Waals surface area contributed by atoms with E-state index in [2.05, 4.69) is 53.7 Å². The largest absolute Gasteiger partial charge is 0.507 e. The molecule has 0 unspecified atom stereocenters. The molecule has 0 atom stereocenters. The van der Waals surface area contributed by atoms with Crippen molar-refractivity contribution in [1.82, 2.24) is 0 Å². The minimum Gasteiger partial charge on any atom is -0.507 e. The lowest BCUT2D eigenvalue weighted by molar-refractivity contribution is -0.137. The summed E-state index contributed by atoms with van der Waals surface area (Å²) >= 11 is 0. The lowest BCUT2D eigenvalue weighted by Crippen LogP contribution is -2.21. The van der Waals surface area contributed by atoms with Crippen molar-refractivity contribution in [3.63, 3.8) is 0 Å². The van der Waals surface area contributed by atoms with Crippen LogP contribution in [-0.2, 0) is 22.0 Å². The van der Waals surface area contributed by atoms with Crippen molar-refractivity contribution in [2.24, 2.45) is 0 Å².